The van der Waals surface area contributed by atoms with Gasteiger partial charge < -0.3 is 9.80 Å². The molecule has 0 aliphatic rings. The monoisotopic (exact) mass is 848 g/mol. The number of thiophene rings is 1. The van der Waals surface area contributed by atoms with Gasteiger partial charge in [0.25, 0.3) is 0 Å². The van der Waals surface area contributed by atoms with Crippen LogP contribution in [0.4, 0.5) is 34.1 Å². The van der Waals surface area contributed by atoms with Crippen molar-refractivity contribution in [2.75, 3.05) is 9.80 Å². The second-order valence-corrected chi connectivity index (χ2v) is 17.3. The molecule has 0 aliphatic heterocycles. The summed E-state index contributed by atoms with van der Waals surface area (Å²) in [6.45, 7) is 0. The van der Waals surface area contributed by atoms with Gasteiger partial charge in [0, 0.05) is 43.7 Å². The third kappa shape index (κ3) is 8.37. The van der Waals surface area contributed by atoms with Crippen molar-refractivity contribution >= 4 is 55.5 Å². The Morgan fingerprint density at radius 3 is 0.754 bits per heavy atom. The van der Waals surface area contributed by atoms with Crippen LogP contribution < -0.4 is 9.80 Å². The first-order chi connectivity index (χ1) is 32.2. The molecule has 0 unspecified atom stereocenters. The highest BCUT2D eigenvalue weighted by atomic mass is 32.1. The number of hydrogen-bond acceptors (Lipinski definition) is 3. The van der Waals surface area contributed by atoms with Crippen LogP contribution in [-0.4, -0.2) is 0 Å². The third-order valence-electron chi connectivity index (χ3n) is 12.1. The molecule has 11 aromatic rings. The summed E-state index contributed by atoms with van der Waals surface area (Å²) in [4.78, 5) is 5.96. The summed E-state index contributed by atoms with van der Waals surface area (Å²) in [5.74, 6) is 0. The topological polar surface area (TPSA) is 6.48 Å². The van der Waals surface area contributed by atoms with Crippen molar-refractivity contribution in [3.63, 3.8) is 0 Å². The first kappa shape index (κ1) is 39.6. The van der Waals surface area contributed by atoms with E-state index in [-0.39, 0.29) is 0 Å². The van der Waals surface area contributed by atoms with Gasteiger partial charge in [-0.25, -0.2) is 0 Å². The summed E-state index contributed by atoms with van der Waals surface area (Å²) in [5.41, 5.74) is 17.3. The minimum Gasteiger partial charge on any atom is -0.311 e. The number of hydrogen-bond donors (Lipinski definition) is 0. The maximum absolute atomic E-state index is 2.35. The maximum atomic E-state index is 2.35. The van der Waals surface area contributed by atoms with Gasteiger partial charge in [0.15, 0.2) is 0 Å². The molecule has 0 N–H and O–H groups in total. The van der Waals surface area contributed by atoms with Crippen molar-refractivity contribution in [3.05, 3.63) is 267 Å². The van der Waals surface area contributed by atoms with Crippen LogP contribution in [0.25, 0.3) is 65.0 Å². The largest absolute Gasteiger partial charge is 0.311 e. The Kier molecular flexibility index (Phi) is 10.9. The van der Waals surface area contributed by atoms with Gasteiger partial charge in [0.05, 0.1) is 0 Å². The van der Waals surface area contributed by atoms with Gasteiger partial charge in [0.2, 0.25) is 0 Å². The summed E-state index contributed by atoms with van der Waals surface area (Å²) in [5, 5.41) is 1.28. The van der Waals surface area contributed by atoms with Crippen LogP contribution in [0.15, 0.2) is 267 Å². The fourth-order valence-corrected chi connectivity index (χ4v) is 9.77. The molecular weight excluding hydrogens is 805 g/mol. The zero-order valence-electron chi connectivity index (χ0n) is 35.7. The molecule has 0 atom stereocenters. The predicted octanol–water partition coefficient (Wildman–Crippen LogP) is 18.2. The van der Waals surface area contributed by atoms with E-state index in [0.717, 1.165) is 45.3 Å². The van der Waals surface area contributed by atoms with Gasteiger partial charge in [-0.15, -0.1) is 11.3 Å². The van der Waals surface area contributed by atoms with Crippen LogP contribution in [0.2, 0.25) is 0 Å². The van der Waals surface area contributed by atoms with Gasteiger partial charge in [-0.1, -0.05) is 182 Å². The van der Waals surface area contributed by atoms with Crippen molar-refractivity contribution in [2.45, 2.75) is 0 Å². The molecule has 0 spiro atoms. The van der Waals surface area contributed by atoms with Gasteiger partial charge >= 0.3 is 0 Å². The van der Waals surface area contributed by atoms with Gasteiger partial charge in [-0.2, -0.15) is 0 Å². The van der Waals surface area contributed by atoms with Gasteiger partial charge in [0.1, 0.15) is 0 Å². The van der Waals surface area contributed by atoms with E-state index >= 15 is 0 Å². The van der Waals surface area contributed by atoms with Crippen LogP contribution in [-0.2, 0) is 0 Å². The van der Waals surface area contributed by atoms with E-state index in [2.05, 4.69) is 277 Å². The molecule has 11 rings (SSSR count). The van der Waals surface area contributed by atoms with Crippen molar-refractivity contribution < 1.29 is 0 Å². The van der Waals surface area contributed by atoms with Crippen LogP contribution in [0.1, 0.15) is 0 Å². The molecule has 0 saturated heterocycles. The second-order valence-electron chi connectivity index (χ2n) is 16.2. The summed E-state index contributed by atoms with van der Waals surface area (Å²) in [6, 6.07) is 96.1. The van der Waals surface area contributed by atoms with E-state index in [1.165, 1.54) is 53.9 Å². The zero-order valence-corrected chi connectivity index (χ0v) is 36.5. The molecule has 2 nitrogen and oxygen atoms in total. The first-order valence-corrected chi connectivity index (χ1v) is 22.9. The lowest BCUT2D eigenvalue weighted by Gasteiger charge is -2.27. The van der Waals surface area contributed by atoms with Crippen LogP contribution in [0.3, 0.4) is 0 Å². The molecule has 0 radical (unpaired) electrons. The standard InChI is InChI=1S/C62H44N2S/c1-4-12-45(13-5-1)48-20-32-55(33-21-48)63(56-34-22-49(23-35-56)46-14-6-2-7-15-46)58-38-26-51(27-39-58)52-28-40-59(41-29-52)64(57-36-24-50(25-37-57)47-16-8-3-9-17-47)60-42-30-53(31-43-60)62-44-54-18-10-11-19-61(54)65-62/h1-44H. The lowest BCUT2D eigenvalue weighted by atomic mass is 10.0. The van der Waals surface area contributed by atoms with Crippen molar-refractivity contribution in [1.29, 1.82) is 0 Å². The predicted molar refractivity (Wildman–Crippen MR) is 278 cm³/mol. The number of benzene rings is 10. The fourth-order valence-electron chi connectivity index (χ4n) is 8.70. The number of fused-ring (bicyclic) bond motifs is 1. The molecular formula is C62H44N2S. The maximum Gasteiger partial charge on any atom is 0.0462 e. The number of anilines is 6. The van der Waals surface area contributed by atoms with E-state index in [1.807, 2.05) is 11.3 Å². The van der Waals surface area contributed by atoms with Crippen LogP contribution >= 0.6 is 11.3 Å². The molecule has 3 heteroatoms. The van der Waals surface area contributed by atoms with E-state index < -0.39 is 0 Å². The molecule has 65 heavy (non-hydrogen) atoms. The Morgan fingerprint density at radius 1 is 0.215 bits per heavy atom. The molecule has 1 heterocycles. The van der Waals surface area contributed by atoms with Crippen molar-refractivity contribution in [1.82, 2.24) is 0 Å². The Balaban J connectivity index is 0.905. The minimum absolute atomic E-state index is 1.09. The Bertz CT molecular complexity index is 3170. The molecule has 10 aromatic carbocycles. The highest BCUT2D eigenvalue weighted by molar-refractivity contribution is 7.22. The lowest BCUT2D eigenvalue weighted by molar-refractivity contribution is 1.28. The normalized spacial score (nSPS) is 11.1. The summed E-state index contributed by atoms with van der Waals surface area (Å²) in [7, 11) is 0. The SMILES string of the molecule is c1ccc(-c2ccc(N(c3ccc(-c4ccccc4)cc3)c3ccc(-c4ccc(N(c5ccc(-c6ccccc6)cc5)c5ccc(-c6cc7ccccc7s6)cc5)cc4)cc3)cc2)cc1. The molecule has 0 amide bonds. The molecule has 0 saturated carbocycles. The first-order valence-electron chi connectivity index (χ1n) is 22.1. The minimum atomic E-state index is 1.09. The van der Waals surface area contributed by atoms with E-state index in [1.54, 1.807) is 0 Å². The molecule has 0 fully saturated rings. The van der Waals surface area contributed by atoms with Crippen LogP contribution in [0, 0.1) is 0 Å². The molecule has 0 aliphatic carbocycles. The quantitative estimate of drug-likeness (QED) is 0.128. The highest BCUT2D eigenvalue weighted by Crippen LogP contribution is 2.41. The third-order valence-corrected chi connectivity index (χ3v) is 13.3. The Hall–Kier alpha value is -8.24. The molecule has 0 bridgehead atoms. The summed E-state index contributed by atoms with van der Waals surface area (Å²) < 4.78 is 1.31. The van der Waals surface area contributed by atoms with Crippen LogP contribution in [0.5, 0.6) is 0 Å². The number of rotatable bonds is 11. The molecule has 1 aromatic heterocycles. The smallest absolute Gasteiger partial charge is 0.0462 e. The Labute approximate surface area is 385 Å². The van der Waals surface area contributed by atoms with E-state index in [9.17, 15) is 0 Å². The van der Waals surface area contributed by atoms with Crippen molar-refractivity contribution in [3.8, 4) is 54.9 Å². The van der Waals surface area contributed by atoms with E-state index in [0.29, 0.717) is 0 Å². The van der Waals surface area contributed by atoms with E-state index in [4.69, 9.17) is 0 Å². The lowest BCUT2D eigenvalue weighted by Crippen LogP contribution is -2.10. The molecule has 308 valence electrons. The van der Waals surface area contributed by atoms with Gasteiger partial charge in [-0.3, -0.25) is 0 Å². The average molecular weight is 849 g/mol. The fraction of sp³-hybridized carbons (Fsp3) is 0. The van der Waals surface area contributed by atoms with Crippen molar-refractivity contribution in [2.24, 2.45) is 0 Å². The summed E-state index contributed by atoms with van der Waals surface area (Å²) >= 11 is 1.84. The number of nitrogens with zero attached hydrogens (tertiary/aromatic N) is 2. The Morgan fingerprint density at radius 2 is 0.462 bits per heavy atom. The average Bonchev–Trinajstić information content (AvgIpc) is 3.83. The second kappa shape index (κ2) is 17.9. The zero-order chi connectivity index (χ0) is 43.4. The highest BCUT2D eigenvalue weighted by Gasteiger charge is 2.17. The summed E-state index contributed by atoms with van der Waals surface area (Å²) in [6.07, 6.45) is 0. The van der Waals surface area contributed by atoms with Gasteiger partial charge in [-0.05, 0) is 140 Å².